The lowest BCUT2D eigenvalue weighted by Gasteiger charge is -2.36. The van der Waals surface area contributed by atoms with Gasteiger partial charge in [-0.25, -0.2) is 18.1 Å². The first-order chi connectivity index (χ1) is 23.4. The van der Waals surface area contributed by atoms with Crippen LogP contribution in [0.25, 0.3) is 21.3 Å². The second kappa shape index (κ2) is 14.7. The lowest BCUT2D eigenvalue weighted by molar-refractivity contribution is -0.245. The van der Waals surface area contributed by atoms with Gasteiger partial charge in [-0.2, -0.15) is 0 Å². The van der Waals surface area contributed by atoms with Crippen molar-refractivity contribution < 1.29 is 23.0 Å². The van der Waals surface area contributed by atoms with Gasteiger partial charge in [-0.1, -0.05) is 109 Å². The minimum absolute atomic E-state index is 0.00245. The molecule has 0 bridgehead atoms. The maximum absolute atomic E-state index is 12.7. The van der Waals surface area contributed by atoms with Crippen molar-refractivity contribution in [2.45, 2.75) is 47.3 Å². The number of rotatable bonds is 11. The molecule has 244 valence electrons. The van der Waals surface area contributed by atoms with Crippen molar-refractivity contribution in [3.05, 3.63) is 150 Å². The number of thiazole rings is 1. The van der Waals surface area contributed by atoms with Crippen LogP contribution in [0.1, 0.15) is 41.1 Å². The third kappa shape index (κ3) is 7.71. The van der Waals surface area contributed by atoms with E-state index in [-0.39, 0.29) is 30.3 Å². The highest BCUT2D eigenvalue weighted by Crippen LogP contribution is 2.40. The third-order valence-corrected chi connectivity index (χ3v) is 12.0. The zero-order valence-electron chi connectivity index (χ0n) is 25.9. The van der Waals surface area contributed by atoms with E-state index in [1.54, 1.807) is 53.4 Å². The fourth-order valence-electron chi connectivity index (χ4n) is 5.65. The summed E-state index contributed by atoms with van der Waals surface area (Å²) in [6.45, 7) is 0.182. The summed E-state index contributed by atoms with van der Waals surface area (Å²) < 4.78 is 43.4. The van der Waals surface area contributed by atoms with E-state index in [9.17, 15) is 13.5 Å². The summed E-state index contributed by atoms with van der Waals surface area (Å²) in [7, 11) is -3.61. The molecule has 0 spiro atoms. The first-order valence-corrected chi connectivity index (χ1v) is 18.9. The molecule has 7 rings (SSSR count). The van der Waals surface area contributed by atoms with Crippen LogP contribution in [0, 0.1) is 0 Å². The number of aliphatic hydroxyl groups excluding tert-OH is 1. The van der Waals surface area contributed by atoms with E-state index in [1.165, 1.54) is 4.70 Å². The molecule has 3 atom stereocenters. The van der Waals surface area contributed by atoms with Crippen LogP contribution < -0.4 is 4.72 Å². The highest BCUT2D eigenvalue weighted by Gasteiger charge is 2.32. The van der Waals surface area contributed by atoms with Crippen molar-refractivity contribution >= 4 is 43.3 Å². The van der Waals surface area contributed by atoms with Gasteiger partial charge in [0.1, 0.15) is 0 Å². The number of sulfonamides is 1. The third-order valence-electron chi connectivity index (χ3n) is 8.24. The number of hydrogen-bond acceptors (Lipinski definition) is 8. The van der Waals surface area contributed by atoms with Crippen molar-refractivity contribution in [3.8, 4) is 11.1 Å². The number of aromatic nitrogens is 1. The van der Waals surface area contributed by atoms with E-state index in [4.69, 9.17) is 14.5 Å². The van der Waals surface area contributed by atoms with Gasteiger partial charge in [0.05, 0.1) is 33.9 Å². The molecule has 2 heterocycles. The lowest BCUT2D eigenvalue weighted by atomic mass is 9.99. The number of benzene rings is 5. The Morgan fingerprint density at radius 2 is 1.54 bits per heavy atom. The molecule has 6 aromatic rings. The Balaban J connectivity index is 1.06. The van der Waals surface area contributed by atoms with Crippen LogP contribution in [0.15, 0.2) is 137 Å². The first-order valence-electron chi connectivity index (χ1n) is 15.7. The van der Waals surface area contributed by atoms with Gasteiger partial charge >= 0.3 is 0 Å². The standard InChI is InChI=1S/C38H34N2O5S3/c41-24-26-13-15-29(16-14-26)35-22-32(25-46-38-40-34-11-4-5-12-36(34)47-38)44-37(45-35)30-19-17-28(18-20-30)31-8-6-7-27(21-31)23-39-48(42,43)33-9-2-1-3-10-33/h1-21,32,35,37,39,41H,22-25H2. The topological polar surface area (TPSA) is 97.8 Å². The molecule has 5 aromatic carbocycles. The predicted octanol–water partition coefficient (Wildman–Crippen LogP) is 8.27. The van der Waals surface area contributed by atoms with E-state index in [2.05, 4.69) is 10.8 Å². The van der Waals surface area contributed by atoms with Gasteiger partial charge in [0.25, 0.3) is 0 Å². The van der Waals surface area contributed by atoms with E-state index in [0.29, 0.717) is 6.42 Å². The molecule has 1 aromatic heterocycles. The van der Waals surface area contributed by atoms with Gasteiger partial charge < -0.3 is 14.6 Å². The molecule has 0 saturated carbocycles. The fraction of sp³-hybridized carbons (Fsp3) is 0.184. The van der Waals surface area contributed by atoms with Crippen LogP contribution in [0.5, 0.6) is 0 Å². The number of thioether (sulfide) groups is 1. The zero-order valence-corrected chi connectivity index (χ0v) is 28.4. The van der Waals surface area contributed by atoms with Crippen LogP contribution in [-0.4, -0.2) is 30.4 Å². The minimum Gasteiger partial charge on any atom is -0.392 e. The van der Waals surface area contributed by atoms with Crippen molar-refractivity contribution in [3.63, 3.8) is 0 Å². The average Bonchev–Trinajstić information content (AvgIpc) is 3.57. The van der Waals surface area contributed by atoms with Crippen molar-refractivity contribution in [2.75, 3.05) is 5.75 Å². The maximum Gasteiger partial charge on any atom is 0.240 e. The molecule has 48 heavy (non-hydrogen) atoms. The highest BCUT2D eigenvalue weighted by molar-refractivity contribution is 8.01. The van der Waals surface area contributed by atoms with Crippen molar-refractivity contribution in [1.29, 1.82) is 0 Å². The molecule has 1 saturated heterocycles. The minimum atomic E-state index is -3.61. The van der Waals surface area contributed by atoms with Gasteiger partial charge in [0.15, 0.2) is 10.6 Å². The summed E-state index contributed by atoms with van der Waals surface area (Å²) in [6.07, 6.45) is -0.103. The molecule has 7 nitrogen and oxygen atoms in total. The molecular formula is C38H34N2O5S3. The van der Waals surface area contributed by atoms with Gasteiger partial charge in [0, 0.05) is 24.3 Å². The Morgan fingerprint density at radius 3 is 2.31 bits per heavy atom. The summed E-state index contributed by atoms with van der Waals surface area (Å²) in [5.41, 5.74) is 6.68. The van der Waals surface area contributed by atoms with Crippen LogP contribution in [-0.2, 0) is 32.6 Å². The fourth-order valence-corrected chi connectivity index (χ4v) is 8.81. The van der Waals surface area contributed by atoms with Crippen LogP contribution in [0.2, 0.25) is 0 Å². The number of fused-ring (bicyclic) bond motifs is 1. The molecule has 1 aliphatic heterocycles. The number of hydrogen-bond donors (Lipinski definition) is 2. The SMILES string of the molecule is O=S(=O)(NCc1cccc(-c2ccc(C3OC(CSc4nc5ccccc5s4)CC(c4ccc(CO)cc4)O3)cc2)c1)c1ccccc1. The van der Waals surface area contributed by atoms with Gasteiger partial charge in [-0.05, 0) is 58.1 Å². The number of nitrogens with zero attached hydrogens (tertiary/aromatic N) is 1. The van der Waals surface area contributed by atoms with E-state index in [0.717, 1.165) is 49.0 Å². The smallest absolute Gasteiger partial charge is 0.240 e. The quantitative estimate of drug-likeness (QED) is 0.132. The van der Waals surface area contributed by atoms with E-state index >= 15 is 0 Å². The van der Waals surface area contributed by atoms with Crippen LogP contribution in [0.4, 0.5) is 0 Å². The number of ether oxygens (including phenoxy) is 2. The molecule has 0 aliphatic carbocycles. The zero-order chi connectivity index (χ0) is 32.9. The molecule has 0 amide bonds. The van der Waals surface area contributed by atoms with Crippen LogP contribution >= 0.6 is 23.1 Å². The van der Waals surface area contributed by atoms with Gasteiger partial charge in [-0.15, -0.1) is 11.3 Å². The Kier molecular flexibility index (Phi) is 10.0. The molecular weight excluding hydrogens is 661 g/mol. The maximum atomic E-state index is 12.7. The number of nitrogens with one attached hydrogen (secondary N) is 1. The van der Waals surface area contributed by atoms with E-state index < -0.39 is 16.3 Å². The van der Waals surface area contributed by atoms with E-state index in [1.807, 2.05) is 91.0 Å². The number of aliphatic hydroxyl groups is 1. The first kappa shape index (κ1) is 32.7. The molecule has 2 N–H and O–H groups in total. The average molecular weight is 695 g/mol. The molecule has 1 aliphatic rings. The van der Waals surface area contributed by atoms with Gasteiger partial charge in [-0.3, -0.25) is 0 Å². The lowest BCUT2D eigenvalue weighted by Crippen LogP contribution is -2.31. The van der Waals surface area contributed by atoms with Crippen LogP contribution in [0.3, 0.4) is 0 Å². The Morgan fingerprint density at radius 1 is 0.792 bits per heavy atom. The summed E-state index contributed by atoms with van der Waals surface area (Å²) >= 11 is 3.40. The predicted molar refractivity (Wildman–Crippen MR) is 191 cm³/mol. The Bertz CT molecular complexity index is 2050. The van der Waals surface area contributed by atoms with Gasteiger partial charge in [0.2, 0.25) is 10.0 Å². The second-order valence-corrected chi connectivity index (χ2v) is 15.6. The van der Waals surface area contributed by atoms with Crippen molar-refractivity contribution in [1.82, 2.24) is 9.71 Å². The Hall–Kier alpha value is -3.87. The Labute approximate surface area is 288 Å². The molecule has 10 heteroatoms. The largest absolute Gasteiger partial charge is 0.392 e. The second-order valence-electron chi connectivity index (χ2n) is 11.6. The number of para-hydroxylation sites is 1. The highest BCUT2D eigenvalue weighted by atomic mass is 32.2. The summed E-state index contributed by atoms with van der Waals surface area (Å²) in [5.74, 6) is 0.740. The molecule has 3 unspecified atom stereocenters. The summed E-state index contributed by atoms with van der Waals surface area (Å²) in [4.78, 5) is 5.03. The summed E-state index contributed by atoms with van der Waals surface area (Å²) in [5, 5.41) is 9.54. The normalized spacial score (nSPS) is 18.2. The molecule has 0 radical (unpaired) electrons. The monoisotopic (exact) mass is 694 g/mol. The summed E-state index contributed by atoms with van der Waals surface area (Å²) in [6, 6.07) is 40.5. The molecule has 1 fully saturated rings. The van der Waals surface area contributed by atoms with Crippen molar-refractivity contribution in [2.24, 2.45) is 0 Å².